The van der Waals surface area contributed by atoms with Crippen molar-refractivity contribution in [2.24, 2.45) is 52.3 Å². The first-order valence-corrected chi connectivity index (χ1v) is 20.2. The van der Waals surface area contributed by atoms with E-state index in [4.69, 9.17) is 18.4 Å². The van der Waals surface area contributed by atoms with Gasteiger partial charge < -0.3 is 54.5 Å². The van der Waals surface area contributed by atoms with E-state index in [1.807, 2.05) is 13.8 Å². The maximum Gasteiger partial charge on any atom is 1.00 e. The molecule has 298 valence electrons. The summed E-state index contributed by atoms with van der Waals surface area (Å²) in [5.74, 6) is -1.55. The molecule has 0 unspecified atom stereocenters. The van der Waals surface area contributed by atoms with Gasteiger partial charge in [0.2, 0.25) is 10.4 Å². The van der Waals surface area contributed by atoms with Crippen molar-refractivity contribution in [2.75, 3.05) is 20.3 Å². The van der Waals surface area contributed by atoms with E-state index >= 15 is 0 Å². The predicted octanol–water partition coefficient (Wildman–Crippen LogP) is -1.93. The molecule has 5 rings (SSSR count). The molecule has 5 fully saturated rings. The molecule has 4 aliphatic carbocycles. The van der Waals surface area contributed by atoms with E-state index in [-0.39, 0.29) is 85.2 Å². The molecule has 1 saturated heterocycles. The molecule has 0 spiro atoms. The van der Waals surface area contributed by atoms with Gasteiger partial charge in [-0.05, 0) is 91.3 Å². The van der Waals surface area contributed by atoms with Crippen LogP contribution in [0.3, 0.4) is 0 Å². The molecule has 4 saturated carbocycles. The molecule has 0 bridgehead atoms. The number of aliphatic hydroxyl groups is 7. The van der Waals surface area contributed by atoms with E-state index in [9.17, 15) is 48.7 Å². The predicted molar refractivity (Wildman–Crippen MR) is 181 cm³/mol. The summed E-state index contributed by atoms with van der Waals surface area (Å²) in [6.07, 6.45) is -5.18. The SMILES string of the molecule is CO[C@H](CO)[C@@H]1O[C@@H](OCC[C@@H](CC[C@@H](C)[C@H]2[C@@H](O)[C@H](O)[C@@H]3[C@]2(C)CC[C@@H]2[C@@]4(C)CC[C@H](O)C[C@@H]4[C@@H](OS(=O)(=O)[O-])C[C@]23O)C(C)C)[C@H](O)[C@H]1O.[Na+]. The van der Waals surface area contributed by atoms with Crippen molar-refractivity contribution in [2.45, 2.75) is 153 Å². The fraction of sp³-hybridized carbons (Fsp3) is 1.00. The Balaban J connectivity index is 0.00000605. The Morgan fingerprint density at radius 3 is 2.17 bits per heavy atom. The molecule has 0 aromatic heterocycles. The molecule has 18 atom stereocenters. The van der Waals surface area contributed by atoms with Gasteiger partial charge in [-0.3, -0.25) is 4.18 Å². The monoisotopic (exact) mass is 774 g/mol. The van der Waals surface area contributed by atoms with Crippen molar-refractivity contribution < 1.29 is 96.7 Å². The molecule has 0 aromatic rings. The first kappa shape index (κ1) is 45.2. The Morgan fingerprint density at radius 1 is 0.923 bits per heavy atom. The number of hydrogen-bond donors (Lipinski definition) is 7. The minimum Gasteiger partial charge on any atom is -0.726 e. The third-order valence-corrected chi connectivity index (χ3v) is 15.0. The van der Waals surface area contributed by atoms with Crippen LogP contribution < -0.4 is 29.6 Å². The summed E-state index contributed by atoms with van der Waals surface area (Å²) in [5.41, 5.74) is -2.95. The van der Waals surface area contributed by atoms with Crippen molar-refractivity contribution in [1.82, 2.24) is 0 Å². The third kappa shape index (κ3) is 8.37. The zero-order valence-electron chi connectivity index (χ0n) is 31.9. The Kier molecular flexibility index (Phi) is 14.9. The van der Waals surface area contributed by atoms with E-state index in [1.165, 1.54) is 7.11 Å². The van der Waals surface area contributed by atoms with Crippen molar-refractivity contribution in [3.8, 4) is 0 Å². The van der Waals surface area contributed by atoms with Crippen LogP contribution in [-0.4, -0.2) is 130 Å². The summed E-state index contributed by atoms with van der Waals surface area (Å²) in [6, 6.07) is 0. The number of hydrogen-bond acceptors (Lipinski definition) is 14. The largest absolute Gasteiger partial charge is 1.00 e. The Labute approximate surface area is 331 Å². The van der Waals surface area contributed by atoms with Gasteiger partial charge in [-0.1, -0.05) is 41.0 Å². The average Bonchev–Trinajstić information content (AvgIpc) is 3.43. The number of fused-ring (bicyclic) bond motifs is 5. The van der Waals surface area contributed by atoms with Crippen LogP contribution in [0.5, 0.6) is 0 Å². The molecule has 0 aromatic carbocycles. The van der Waals surface area contributed by atoms with Crippen LogP contribution >= 0.6 is 0 Å². The maximum absolute atomic E-state index is 12.8. The van der Waals surface area contributed by atoms with Gasteiger partial charge in [0.25, 0.3) is 0 Å². The second-order valence-electron chi connectivity index (χ2n) is 17.5. The Hall–Kier alpha value is 0.470. The molecule has 1 heterocycles. The molecule has 1 aliphatic heterocycles. The molecule has 16 heteroatoms. The van der Waals surface area contributed by atoms with Gasteiger partial charge in [0.15, 0.2) is 6.29 Å². The first-order chi connectivity index (χ1) is 23.7. The second-order valence-corrected chi connectivity index (χ2v) is 18.5. The zero-order chi connectivity index (χ0) is 37.8. The maximum atomic E-state index is 12.8. The van der Waals surface area contributed by atoms with E-state index in [1.54, 1.807) is 0 Å². The van der Waals surface area contributed by atoms with Gasteiger partial charge in [0.1, 0.15) is 24.4 Å². The number of aliphatic hydroxyl groups excluding tert-OH is 6. The number of ether oxygens (including phenoxy) is 3. The van der Waals surface area contributed by atoms with Gasteiger partial charge in [-0.15, -0.1) is 0 Å². The quantitative estimate of drug-likeness (QED) is 0.0579. The van der Waals surface area contributed by atoms with Gasteiger partial charge >= 0.3 is 29.6 Å². The fourth-order valence-electron chi connectivity index (χ4n) is 12.0. The van der Waals surface area contributed by atoms with E-state index in [2.05, 4.69) is 20.8 Å². The van der Waals surface area contributed by atoms with Crippen molar-refractivity contribution in [3.63, 3.8) is 0 Å². The van der Waals surface area contributed by atoms with Crippen molar-refractivity contribution in [3.05, 3.63) is 0 Å². The average molecular weight is 775 g/mol. The molecule has 7 N–H and O–H groups in total. The standard InChI is InChI=1S/C36H64O14S.Na/c1-18(2)20(11-14-48-33-30(42)28(40)31(49-33)24(17-37)47-6)8-7-19(3)26-27(39)29(41)32-35(26,5)13-10-25-34(4)12-9-21(38)15-22(34)23(16-36(25,32)43)50-51(44,45)46;/h18-33,37-43H,7-17H2,1-6H3,(H,44,45,46);/q;+1/p-1/t19-,20-,21+,22-,23+,24-,25-,26+,27-,28-,29+,30-,31+,32-,33-,34+,35-,36+;/m1./s1. The minimum atomic E-state index is -5.13. The summed E-state index contributed by atoms with van der Waals surface area (Å²) in [5, 5.41) is 77.2. The zero-order valence-corrected chi connectivity index (χ0v) is 34.7. The van der Waals surface area contributed by atoms with Crippen LogP contribution in [0, 0.1) is 52.3 Å². The normalized spacial score (nSPS) is 46.5. The second kappa shape index (κ2) is 17.1. The summed E-state index contributed by atoms with van der Waals surface area (Å²) in [6.45, 7) is 10.2. The molecule has 0 radical (unpaired) electrons. The van der Waals surface area contributed by atoms with Gasteiger partial charge in [0, 0.05) is 19.4 Å². The van der Waals surface area contributed by atoms with Crippen LogP contribution in [0.4, 0.5) is 0 Å². The van der Waals surface area contributed by atoms with Gasteiger partial charge in [-0.2, -0.15) is 0 Å². The van der Waals surface area contributed by atoms with E-state index in [0.717, 1.165) is 6.42 Å². The molecule has 5 aliphatic rings. The summed E-state index contributed by atoms with van der Waals surface area (Å²) >= 11 is 0. The van der Waals surface area contributed by atoms with E-state index in [0.29, 0.717) is 38.5 Å². The van der Waals surface area contributed by atoms with Gasteiger partial charge in [-0.25, -0.2) is 8.42 Å². The fourth-order valence-corrected chi connectivity index (χ4v) is 12.5. The Morgan fingerprint density at radius 2 is 1.58 bits per heavy atom. The number of methoxy groups -OCH3 is 1. The van der Waals surface area contributed by atoms with Crippen LogP contribution in [-0.2, 0) is 28.8 Å². The smallest absolute Gasteiger partial charge is 0.726 e. The van der Waals surface area contributed by atoms with Crippen LogP contribution in [0.25, 0.3) is 0 Å². The Bertz CT molecular complexity index is 1290. The topological polar surface area (TPSA) is 236 Å². The molecular formula is C36H63NaO14S. The van der Waals surface area contributed by atoms with Crippen molar-refractivity contribution >= 4 is 10.4 Å². The van der Waals surface area contributed by atoms with Crippen LogP contribution in [0.15, 0.2) is 0 Å². The minimum absolute atomic E-state index is 0. The summed E-state index contributed by atoms with van der Waals surface area (Å²) in [4.78, 5) is 0. The van der Waals surface area contributed by atoms with E-state index < -0.39 is 93.8 Å². The van der Waals surface area contributed by atoms with Gasteiger partial charge in [0.05, 0.1) is 43.2 Å². The summed E-state index contributed by atoms with van der Waals surface area (Å²) < 4.78 is 57.6. The molecule has 52 heavy (non-hydrogen) atoms. The molecule has 0 amide bonds. The molecular weight excluding hydrogens is 711 g/mol. The summed E-state index contributed by atoms with van der Waals surface area (Å²) in [7, 11) is -3.74. The van der Waals surface area contributed by atoms with Crippen LogP contribution in [0.1, 0.15) is 92.4 Å². The number of rotatable bonds is 14. The third-order valence-electron chi connectivity index (χ3n) is 14.5. The van der Waals surface area contributed by atoms with Crippen molar-refractivity contribution in [1.29, 1.82) is 0 Å². The molecule has 14 nitrogen and oxygen atoms in total. The van der Waals surface area contributed by atoms with Crippen LogP contribution in [0.2, 0.25) is 0 Å². The first-order valence-electron chi connectivity index (χ1n) is 18.9.